The van der Waals surface area contributed by atoms with Crippen molar-refractivity contribution in [2.24, 2.45) is 5.92 Å². The summed E-state index contributed by atoms with van der Waals surface area (Å²) in [6, 6.07) is 6.39. The fraction of sp³-hybridized carbons (Fsp3) is 0.650. The molecule has 0 aromatic heterocycles. The van der Waals surface area contributed by atoms with Gasteiger partial charge in [-0.15, -0.1) is 0 Å². The summed E-state index contributed by atoms with van der Waals surface area (Å²) in [7, 11) is -3.55. The molecule has 1 amide bonds. The van der Waals surface area contributed by atoms with Crippen molar-refractivity contribution < 1.29 is 22.3 Å². The first kappa shape index (κ1) is 21.5. The van der Waals surface area contributed by atoms with Crippen LogP contribution in [0.2, 0.25) is 0 Å². The van der Waals surface area contributed by atoms with Gasteiger partial charge in [0.15, 0.2) is 0 Å². The second-order valence-corrected chi connectivity index (χ2v) is 9.93. The highest BCUT2D eigenvalue weighted by atomic mass is 32.2. The number of carbonyl (C=O) groups excluding carboxylic acids is 1. The van der Waals surface area contributed by atoms with Crippen LogP contribution in [0.4, 0.5) is 10.1 Å². The standard InChI is InChI=1S/C20H29FN4O4S/c21-18-3-5-19(6-4-18)22-8-10-23(11-9-22)20(26)17-2-1-7-25(16-17)30(27,28)24-12-14-29-15-13-24/h3-6,17H,1-2,7-16H2. The third-order valence-corrected chi connectivity index (χ3v) is 8.14. The van der Waals surface area contributed by atoms with Gasteiger partial charge in [0, 0.05) is 58.0 Å². The number of rotatable bonds is 4. The zero-order chi connectivity index (χ0) is 21.1. The molecule has 10 heteroatoms. The number of carbonyl (C=O) groups is 1. The monoisotopic (exact) mass is 440 g/mol. The SMILES string of the molecule is O=C(C1CCCN(S(=O)(=O)N2CCOCC2)C1)N1CCN(c2ccc(F)cc2)CC1. The van der Waals surface area contributed by atoms with Gasteiger partial charge in [-0.25, -0.2) is 4.39 Å². The number of piperidine rings is 1. The summed E-state index contributed by atoms with van der Waals surface area (Å²) in [4.78, 5) is 17.1. The molecule has 3 aliphatic heterocycles. The van der Waals surface area contributed by atoms with Crippen molar-refractivity contribution in [3.63, 3.8) is 0 Å². The van der Waals surface area contributed by atoms with Gasteiger partial charge in [-0.3, -0.25) is 4.79 Å². The van der Waals surface area contributed by atoms with Crippen LogP contribution in [0, 0.1) is 11.7 Å². The van der Waals surface area contributed by atoms with E-state index in [2.05, 4.69) is 4.90 Å². The Morgan fingerprint density at radius 1 is 0.933 bits per heavy atom. The van der Waals surface area contributed by atoms with E-state index in [9.17, 15) is 17.6 Å². The van der Waals surface area contributed by atoms with Gasteiger partial charge in [0.2, 0.25) is 5.91 Å². The van der Waals surface area contributed by atoms with E-state index in [4.69, 9.17) is 4.74 Å². The second kappa shape index (κ2) is 9.17. The highest BCUT2D eigenvalue weighted by Gasteiger charge is 2.38. The molecule has 166 valence electrons. The molecule has 0 N–H and O–H groups in total. The minimum absolute atomic E-state index is 0.0376. The van der Waals surface area contributed by atoms with E-state index in [1.54, 1.807) is 12.1 Å². The van der Waals surface area contributed by atoms with E-state index in [1.165, 1.54) is 20.7 Å². The average Bonchev–Trinajstić information content (AvgIpc) is 2.80. The summed E-state index contributed by atoms with van der Waals surface area (Å²) >= 11 is 0. The molecule has 8 nitrogen and oxygen atoms in total. The lowest BCUT2D eigenvalue weighted by Crippen LogP contribution is -2.55. The fourth-order valence-electron chi connectivity index (χ4n) is 4.39. The molecular formula is C20H29FN4O4S. The van der Waals surface area contributed by atoms with Crippen LogP contribution in [-0.2, 0) is 19.7 Å². The van der Waals surface area contributed by atoms with Crippen molar-refractivity contribution in [1.82, 2.24) is 13.5 Å². The zero-order valence-electron chi connectivity index (χ0n) is 17.1. The second-order valence-electron chi connectivity index (χ2n) is 8.01. The van der Waals surface area contributed by atoms with Gasteiger partial charge in [0.1, 0.15) is 5.82 Å². The van der Waals surface area contributed by atoms with Gasteiger partial charge < -0.3 is 14.5 Å². The Morgan fingerprint density at radius 3 is 2.27 bits per heavy atom. The van der Waals surface area contributed by atoms with Crippen LogP contribution in [0.15, 0.2) is 24.3 Å². The summed E-state index contributed by atoms with van der Waals surface area (Å²) in [5.41, 5.74) is 0.948. The average molecular weight is 441 g/mol. The Hall–Kier alpha value is -1.75. The minimum atomic E-state index is -3.55. The Labute approximate surface area is 177 Å². The predicted octanol–water partition coefficient (Wildman–Crippen LogP) is 0.763. The molecule has 1 unspecified atom stereocenters. The van der Waals surface area contributed by atoms with E-state index < -0.39 is 10.2 Å². The van der Waals surface area contributed by atoms with E-state index in [0.29, 0.717) is 71.9 Å². The van der Waals surface area contributed by atoms with Gasteiger partial charge in [0.25, 0.3) is 10.2 Å². The summed E-state index contributed by atoms with van der Waals surface area (Å²) in [5, 5.41) is 0. The van der Waals surface area contributed by atoms with Crippen LogP contribution >= 0.6 is 0 Å². The van der Waals surface area contributed by atoms with E-state index in [0.717, 1.165) is 5.69 Å². The lowest BCUT2D eigenvalue weighted by atomic mass is 9.97. The van der Waals surface area contributed by atoms with Crippen LogP contribution in [0.1, 0.15) is 12.8 Å². The number of ether oxygens (including phenoxy) is 1. The third kappa shape index (κ3) is 4.61. The van der Waals surface area contributed by atoms with Crippen LogP contribution in [-0.4, -0.2) is 93.4 Å². The van der Waals surface area contributed by atoms with E-state index in [1.807, 2.05) is 4.90 Å². The largest absolute Gasteiger partial charge is 0.379 e. The topological polar surface area (TPSA) is 73.4 Å². The summed E-state index contributed by atoms with van der Waals surface area (Å²) in [6.07, 6.45) is 1.40. The molecule has 3 fully saturated rings. The Bertz CT molecular complexity index is 837. The fourth-order valence-corrected chi connectivity index (χ4v) is 6.05. The molecule has 1 atom stereocenters. The zero-order valence-corrected chi connectivity index (χ0v) is 17.9. The Morgan fingerprint density at radius 2 is 1.60 bits per heavy atom. The van der Waals surface area contributed by atoms with Gasteiger partial charge >= 0.3 is 0 Å². The van der Waals surface area contributed by atoms with Crippen molar-refractivity contribution >= 4 is 21.8 Å². The Balaban J connectivity index is 1.34. The van der Waals surface area contributed by atoms with Crippen molar-refractivity contribution in [2.75, 3.05) is 70.5 Å². The number of morpholine rings is 1. The maximum absolute atomic E-state index is 13.1. The van der Waals surface area contributed by atoms with Crippen LogP contribution in [0.25, 0.3) is 0 Å². The first-order chi connectivity index (χ1) is 14.4. The molecule has 3 saturated heterocycles. The van der Waals surface area contributed by atoms with E-state index >= 15 is 0 Å². The molecule has 0 radical (unpaired) electrons. The van der Waals surface area contributed by atoms with Crippen LogP contribution in [0.5, 0.6) is 0 Å². The van der Waals surface area contributed by atoms with Crippen LogP contribution < -0.4 is 4.90 Å². The van der Waals surface area contributed by atoms with E-state index in [-0.39, 0.29) is 24.2 Å². The van der Waals surface area contributed by atoms with Gasteiger partial charge in [0.05, 0.1) is 19.1 Å². The predicted molar refractivity (Wildman–Crippen MR) is 111 cm³/mol. The van der Waals surface area contributed by atoms with Gasteiger partial charge in [-0.2, -0.15) is 17.0 Å². The summed E-state index contributed by atoms with van der Waals surface area (Å²) < 4.78 is 47.2. The summed E-state index contributed by atoms with van der Waals surface area (Å²) in [5.74, 6) is -0.524. The first-order valence-corrected chi connectivity index (χ1v) is 12.0. The Kier molecular flexibility index (Phi) is 6.57. The molecule has 0 aliphatic carbocycles. The molecule has 4 rings (SSSR count). The normalized spacial score (nSPS) is 24.8. The number of hydrogen-bond donors (Lipinski definition) is 0. The number of hydrogen-bond acceptors (Lipinski definition) is 5. The third-order valence-electron chi connectivity index (χ3n) is 6.14. The quantitative estimate of drug-likeness (QED) is 0.691. The number of anilines is 1. The molecule has 0 bridgehead atoms. The van der Waals surface area contributed by atoms with Gasteiger partial charge in [-0.1, -0.05) is 0 Å². The molecule has 30 heavy (non-hydrogen) atoms. The maximum Gasteiger partial charge on any atom is 0.282 e. The lowest BCUT2D eigenvalue weighted by molar-refractivity contribution is -0.137. The number of nitrogens with zero attached hydrogens (tertiary/aromatic N) is 4. The van der Waals surface area contributed by atoms with Crippen molar-refractivity contribution in [3.05, 3.63) is 30.1 Å². The van der Waals surface area contributed by atoms with Crippen LogP contribution in [0.3, 0.4) is 0 Å². The summed E-state index contributed by atoms with van der Waals surface area (Å²) in [6.45, 7) is 4.79. The molecule has 0 spiro atoms. The van der Waals surface area contributed by atoms with Crippen molar-refractivity contribution in [1.29, 1.82) is 0 Å². The van der Waals surface area contributed by atoms with Crippen molar-refractivity contribution in [3.8, 4) is 0 Å². The van der Waals surface area contributed by atoms with Gasteiger partial charge in [-0.05, 0) is 37.1 Å². The molecule has 3 heterocycles. The number of benzene rings is 1. The molecule has 1 aromatic carbocycles. The molecular weight excluding hydrogens is 411 g/mol. The lowest BCUT2D eigenvalue weighted by Gasteiger charge is -2.40. The molecule has 0 saturated carbocycles. The minimum Gasteiger partial charge on any atom is -0.379 e. The molecule has 1 aromatic rings. The smallest absolute Gasteiger partial charge is 0.282 e. The number of piperazine rings is 1. The highest BCUT2D eigenvalue weighted by molar-refractivity contribution is 7.86. The number of halogens is 1. The maximum atomic E-state index is 13.1. The molecule has 3 aliphatic rings. The van der Waals surface area contributed by atoms with Crippen molar-refractivity contribution in [2.45, 2.75) is 12.8 Å². The first-order valence-electron chi connectivity index (χ1n) is 10.6. The highest BCUT2D eigenvalue weighted by Crippen LogP contribution is 2.25. The number of amides is 1.